The third-order valence-electron chi connectivity index (χ3n) is 5.55. The number of ether oxygens (including phenoxy) is 4. The highest BCUT2D eigenvalue weighted by atomic mass is 32.2. The van der Waals surface area contributed by atoms with Crippen LogP contribution in [0.15, 0.2) is 71.6 Å². The Morgan fingerprint density at radius 3 is 2.00 bits per heavy atom. The first kappa shape index (κ1) is 27.8. The molecule has 3 aromatic rings. The van der Waals surface area contributed by atoms with E-state index in [0.29, 0.717) is 36.6 Å². The van der Waals surface area contributed by atoms with Crippen LogP contribution in [-0.2, 0) is 27.7 Å². The minimum absolute atomic E-state index is 0.108. The summed E-state index contributed by atoms with van der Waals surface area (Å²) in [6.07, 6.45) is 1.16. The maximum atomic E-state index is 12.6. The summed E-state index contributed by atoms with van der Waals surface area (Å²) in [7, 11) is 1.02. The Labute approximate surface area is 217 Å². The van der Waals surface area contributed by atoms with Gasteiger partial charge >= 0.3 is 0 Å². The molecule has 3 rings (SSSR count). The number of amides is 1. The molecular weight excluding hydrogens is 496 g/mol. The first-order chi connectivity index (χ1) is 17.8. The maximum Gasteiger partial charge on any atom is 0.257 e. The number of benzene rings is 3. The van der Waals surface area contributed by atoms with Crippen LogP contribution in [0.2, 0.25) is 0 Å². The normalized spacial score (nSPS) is 11.0. The molecule has 198 valence electrons. The van der Waals surface area contributed by atoms with E-state index < -0.39 is 10.0 Å². The van der Waals surface area contributed by atoms with Crippen molar-refractivity contribution in [2.75, 3.05) is 41.0 Å². The maximum absolute atomic E-state index is 12.6. The van der Waals surface area contributed by atoms with Gasteiger partial charge in [-0.15, -0.1) is 0 Å². The molecule has 0 atom stereocenters. The van der Waals surface area contributed by atoms with E-state index in [-0.39, 0.29) is 24.0 Å². The van der Waals surface area contributed by atoms with E-state index in [4.69, 9.17) is 18.9 Å². The Balaban J connectivity index is 1.42. The van der Waals surface area contributed by atoms with Crippen LogP contribution in [0.4, 0.5) is 0 Å². The summed E-state index contributed by atoms with van der Waals surface area (Å²) in [6.45, 7) is 0.520. The van der Waals surface area contributed by atoms with Crippen LogP contribution < -0.4 is 29.0 Å². The highest BCUT2D eigenvalue weighted by Gasteiger charge is 2.14. The van der Waals surface area contributed by atoms with Gasteiger partial charge < -0.3 is 24.3 Å². The molecule has 0 radical (unpaired) electrons. The first-order valence-electron chi connectivity index (χ1n) is 11.7. The molecule has 10 heteroatoms. The fourth-order valence-corrected chi connectivity index (χ4v) is 4.53. The summed E-state index contributed by atoms with van der Waals surface area (Å²) in [6, 6.07) is 19.0. The van der Waals surface area contributed by atoms with E-state index in [1.165, 1.54) is 24.3 Å². The van der Waals surface area contributed by atoms with Crippen molar-refractivity contribution in [3.05, 3.63) is 77.9 Å². The van der Waals surface area contributed by atoms with Crippen molar-refractivity contribution in [2.24, 2.45) is 0 Å². The van der Waals surface area contributed by atoms with Crippen molar-refractivity contribution >= 4 is 15.9 Å². The van der Waals surface area contributed by atoms with Crippen molar-refractivity contribution in [2.45, 2.75) is 17.7 Å². The fourth-order valence-electron chi connectivity index (χ4n) is 3.50. The van der Waals surface area contributed by atoms with Crippen molar-refractivity contribution in [1.82, 2.24) is 10.0 Å². The molecule has 37 heavy (non-hydrogen) atoms. The van der Waals surface area contributed by atoms with Crippen LogP contribution in [0.1, 0.15) is 11.1 Å². The number of sulfonamides is 1. The number of nitrogens with one attached hydrogen (secondary N) is 2. The molecule has 0 saturated carbocycles. The molecule has 0 bridgehead atoms. The van der Waals surface area contributed by atoms with E-state index in [2.05, 4.69) is 10.0 Å². The van der Waals surface area contributed by atoms with Gasteiger partial charge in [0.15, 0.2) is 18.1 Å². The minimum Gasteiger partial charge on any atom is -0.497 e. The predicted molar refractivity (Wildman–Crippen MR) is 140 cm³/mol. The van der Waals surface area contributed by atoms with Gasteiger partial charge in [0.2, 0.25) is 10.0 Å². The second-order valence-electron chi connectivity index (χ2n) is 8.05. The van der Waals surface area contributed by atoms with Gasteiger partial charge in [-0.2, -0.15) is 0 Å². The predicted octanol–water partition coefficient (Wildman–Crippen LogP) is 2.97. The van der Waals surface area contributed by atoms with Gasteiger partial charge in [0.25, 0.3) is 5.91 Å². The minimum atomic E-state index is -3.70. The number of methoxy groups -OCH3 is 3. The second-order valence-corrected chi connectivity index (χ2v) is 9.81. The molecule has 1 amide bonds. The average Bonchev–Trinajstić information content (AvgIpc) is 2.92. The number of hydrogen-bond donors (Lipinski definition) is 2. The van der Waals surface area contributed by atoms with E-state index in [1.807, 2.05) is 36.4 Å². The Kier molecular flexibility index (Phi) is 10.2. The largest absolute Gasteiger partial charge is 0.497 e. The van der Waals surface area contributed by atoms with Crippen LogP contribution in [0.5, 0.6) is 23.0 Å². The third kappa shape index (κ3) is 8.40. The summed E-state index contributed by atoms with van der Waals surface area (Å²) in [5, 5.41) is 2.80. The lowest BCUT2D eigenvalue weighted by atomic mass is 10.1. The molecule has 0 aliphatic carbocycles. The van der Waals surface area contributed by atoms with Gasteiger partial charge in [0.05, 0.1) is 26.2 Å². The zero-order chi connectivity index (χ0) is 26.7. The van der Waals surface area contributed by atoms with Crippen molar-refractivity contribution < 1.29 is 32.2 Å². The van der Waals surface area contributed by atoms with E-state index in [1.54, 1.807) is 27.4 Å². The smallest absolute Gasteiger partial charge is 0.257 e. The third-order valence-corrected chi connectivity index (χ3v) is 7.03. The molecule has 0 fully saturated rings. The molecule has 0 heterocycles. The molecule has 0 aliphatic heterocycles. The quantitative estimate of drug-likeness (QED) is 0.331. The standard InChI is InChI=1S/C27H32N2O7S/c1-33-22-7-4-20(5-8-22)14-16-28-27(30)19-36-23-9-11-24(12-10-23)37(31,32)29-17-15-21-6-13-25(34-2)26(18-21)35-3/h4-13,18,29H,14-17,19H2,1-3H3,(H,28,30). The molecule has 0 unspecified atom stereocenters. The lowest BCUT2D eigenvalue weighted by Crippen LogP contribution is -2.30. The molecule has 0 saturated heterocycles. The number of rotatable bonds is 14. The van der Waals surface area contributed by atoms with E-state index >= 15 is 0 Å². The molecule has 9 nitrogen and oxygen atoms in total. The lowest BCUT2D eigenvalue weighted by Gasteiger charge is -2.11. The number of carbonyl (C=O) groups is 1. The van der Waals surface area contributed by atoms with Crippen molar-refractivity contribution in [3.63, 3.8) is 0 Å². The highest BCUT2D eigenvalue weighted by molar-refractivity contribution is 7.89. The van der Waals surface area contributed by atoms with Gasteiger partial charge in [-0.1, -0.05) is 18.2 Å². The average molecular weight is 529 g/mol. The second kappa shape index (κ2) is 13.5. The zero-order valence-corrected chi connectivity index (χ0v) is 22.0. The Hall–Kier alpha value is -3.76. The molecule has 0 aromatic heterocycles. The van der Waals surface area contributed by atoms with Gasteiger partial charge in [-0.25, -0.2) is 13.1 Å². The molecule has 2 N–H and O–H groups in total. The number of hydrogen-bond acceptors (Lipinski definition) is 7. The Morgan fingerprint density at radius 1 is 0.730 bits per heavy atom. The molecule has 0 spiro atoms. The van der Waals surface area contributed by atoms with Gasteiger partial charge in [0, 0.05) is 13.1 Å². The molecular formula is C27H32N2O7S. The summed E-state index contributed by atoms with van der Waals surface area (Å²) in [4.78, 5) is 12.2. The summed E-state index contributed by atoms with van der Waals surface area (Å²) >= 11 is 0. The Bertz CT molecular complexity index is 1260. The molecule has 0 aliphatic rings. The summed E-state index contributed by atoms with van der Waals surface area (Å²) in [5.41, 5.74) is 1.99. The first-order valence-corrected chi connectivity index (χ1v) is 13.2. The topological polar surface area (TPSA) is 112 Å². The molecule has 3 aromatic carbocycles. The van der Waals surface area contributed by atoms with Gasteiger partial charge in [0.1, 0.15) is 11.5 Å². The monoisotopic (exact) mass is 528 g/mol. The van der Waals surface area contributed by atoms with Gasteiger partial charge in [-0.3, -0.25) is 4.79 Å². The highest BCUT2D eigenvalue weighted by Crippen LogP contribution is 2.27. The van der Waals surface area contributed by atoms with Crippen molar-refractivity contribution in [3.8, 4) is 23.0 Å². The number of carbonyl (C=O) groups excluding carboxylic acids is 1. The van der Waals surface area contributed by atoms with Crippen molar-refractivity contribution in [1.29, 1.82) is 0 Å². The van der Waals surface area contributed by atoms with E-state index in [9.17, 15) is 13.2 Å². The lowest BCUT2D eigenvalue weighted by molar-refractivity contribution is -0.123. The van der Waals surface area contributed by atoms with Crippen LogP contribution in [0, 0.1) is 0 Å². The van der Waals surface area contributed by atoms with Gasteiger partial charge in [-0.05, 0) is 72.5 Å². The van der Waals surface area contributed by atoms with Crippen LogP contribution >= 0.6 is 0 Å². The van der Waals surface area contributed by atoms with Crippen LogP contribution in [0.25, 0.3) is 0 Å². The van der Waals surface area contributed by atoms with Crippen LogP contribution in [-0.4, -0.2) is 55.4 Å². The fraction of sp³-hybridized carbons (Fsp3) is 0.296. The van der Waals surface area contributed by atoms with Crippen LogP contribution in [0.3, 0.4) is 0 Å². The van der Waals surface area contributed by atoms with E-state index in [0.717, 1.165) is 16.9 Å². The SMILES string of the molecule is COc1ccc(CCNC(=O)COc2ccc(S(=O)(=O)NCCc3ccc(OC)c(OC)c3)cc2)cc1. The summed E-state index contributed by atoms with van der Waals surface area (Å²) in [5.74, 6) is 2.12. The zero-order valence-electron chi connectivity index (χ0n) is 21.2. The Morgan fingerprint density at radius 2 is 1.35 bits per heavy atom. The summed E-state index contributed by atoms with van der Waals surface area (Å²) < 4.78 is 49.0.